The van der Waals surface area contributed by atoms with Crippen LogP contribution in [0.5, 0.6) is 0 Å². The van der Waals surface area contributed by atoms with Gasteiger partial charge in [0.05, 0.1) is 6.04 Å². The van der Waals surface area contributed by atoms with E-state index in [-0.39, 0.29) is 17.2 Å². The second-order valence-corrected chi connectivity index (χ2v) is 5.80. The van der Waals surface area contributed by atoms with Crippen LogP contribution in [0.3, 0.4) is 0 Å². The Morgan fingerprint density at radius 1 is 1.21 bits per heavy atom. The lowest BCUT2D eigenvalue weighted by Gasteiger charge is -2.25. The molecule has 19 heavy (non-hydrogen) atoms. The number of hydrogen-bond acceptors (Lipinski definition) is 3. The van der Waals surface area contributed by atoms with Gasteiger partial charge in [-0.1, -0.05) is 20.8 Å². The number of nitrogens with one attached hydrogen (secondary N) is 1. The minimum atomic E-state index is -0.522. The predicted octanol–water partition coefficient (Wildman–Crippen LogP) is 1.12. The number of carbonyl (C=O) groups excluding carboxylic acids is 2. The molecule has 0 heterocycles. The first-order chi connectivity index (χ1) is 8.73. The lowest BCUT2D eigenvalue weighted by molar-refractivity contribution is -0.131. The van der Waals surface area contributed by atoms with Gasteiger partial charge in [-0.3, -0.25) is 9.59 Å². The molecule has 5 heteroatoms. The van der Waals surface area contributed by atoms with Crippen molar-refractivity contribution in [3.05, 3.63) is 0 Å². The Morgan fingerprint density at radius 2 is 1.74 bits per heavy atom. The van der Waals surface area contributed by atoms with Gasteiger partial charge in [-0.25, -0.2) is 0 Å². The van der Waals surface area contributed by atoms with E-state index in [4.69, 9.17) is 5.73 Å². The first-order valence-corrected chi connectivity index (χ1v) is 7.05. The number of nitrogens with two attached hydrogens (primary N) is 1. The Bertz CT molecular complexity index is 294. The maximum Gasteiger partial charge on any atom is 0.237 e. The van der Waals surface area contributed by atoms with Crippen LogP contribution in [0.25, 0.3) is 0 Å². The summed E-state index contributed by atoms with van der Waals surface area (Å²) in [5.74, 6) is -0.0119. The summed E-state index contributed by atoms with van der Waals surface area (Å²) in [6.45, 7) is 11.7. The second kappa shape index (κ2) is 8.15. The lowest BCUT2D eigenvalue weighted by atomic mass is 9.87. The molecule has 0 saturated carbocycles. The van der Waals surface area contributed by atoms with E-state index in [9.17, 15) is 9.59 Å². The molecule has 0 aromatic carbocycles. The fourth-order valence-corrected chi connectivity index (χ4v) is 1.69. The lowest BCUT2D eigenvalue weighted by Crippen LogP contribution is -2.48. The standard InChI is InChI=1S/C14H29N3O2/c1-6-17(7-2)11(18)9-8-10-16-13(19)12(15)14(3,4)5/h12H,6-10,15H2,1-5H3,(H,16,19)/t12-/m1/s1. The van der Waals surface area contributed by atoms with Crippen molar-refractivity contribution in [2.24, 2.45) is 11.1 Å². The molecule has 112 valence electrons. The van der Waals surface area contributed by atoms with Gasteiger partial charge in [0.1, 0.15) is 0 Å². The average Bonchev–Trinajstić information content (AvgIpc) is 2.33. The van der Waals surface area contributed by atoms with Crippen molar-refractivity contribution in [3.63, 3.8) is 0 Å². The Kier molecular flexibility index (Phi) is 7.68. The van der Waals surface area contributed by atoms with Crippen LogP contribution >= 0.6 is 0 Å². The van der Waals surface area contributed by atoms with E-state index in [1.807, 2.05) is 34.6 Å². The number of carbonyl (C=O) groups is 2. The first-order valence-electron chi connectivity index (χ1n) is 7.05. The molecule has 0 radical (unpaired) electrons. The van der Waals surface area contributed by atoms with Crippen molar-refractivity contribution in [3.8, 4) is 0 Å². The van der Waals surface area contributed by atoms with Gasteiger partial charge in [-0.05, 0) is 25.7 Å². The monoisotopic (exact) mass is 271 g/mol. The van der Waals surface area contributed by atoms with E-state index in [0.29, 0.717) is 19.4 Å². The molecule has 2 amide bonds. The molecule has 0 aromatic rings. The molecular weight excluding hydrogens is 242 g/mol. The molecular formula is C14H29N3O2. The van der Waals surface area contributed by atoms with Gasteiger partial charge in [0.15, 0.2) is 0 Å². The zero-order chi connectivity index (χ0) is 15.1. The zero-order valence-electron chi connectivity index (χ0n) is 13.0. The molecule has 0 aliphatic carbocycles. The summed E-state index contributed by atoms with van der Waals surface area (Å²) in [5.41, 5.74) is 5.59. The molecule has 0 unspecified atom stereocenters. The van der Waals surface area contributed by atoms with Crippen molar-refractivity contribution in [1.82, 2.24) is 10.2 Å². The van der Waals surface area contributed by atoms with Crippen LogP contribution < -0.4 is 11.1 Å². The van der Waals surface area contributed by atoms with E-state index < -0.39 is 6.04 Å². The van der Waals surface area contributed by atoms with Crippen molar-refractivity contribution in [2.75, 3.05) is 19.6 Å². The summed E-state index contributed by atoms with van der Waals surface area (Å²) in [7, 11) is 0. The van der Waals surface area contributed by atoms with E-state index in [1.54, 1.807) is 4.90 Å². The van der Waals surface area contributed by atoms with Crippen molar-refractivity contribution >= 4 is 11.8 Å². The number of nitrogens with zero attached hydrogens (tertiary/aromatic N) is 1. The second-order valence-electron chi connectivity index (χ2n) is 5.80. The van der Waals surface area contributed by atoms with Crippen LogP contribution in [0.2, 0.25) is 0 Å². The molecule has 1 atom stereocenters. The van der Waals surface area contributed by atoms with E-state index in [2.05, 4.69) is 5.32 Å². The fraction of sp³-hybridized carbons (Fsp3) is 0.857. The average molecular weight is 271 g/mol. The van der Waals surface area contributed by atoms with Crippen LogP contribution in [0.15, 0.2) is 0 Å². The predicted molar refractivity (Wildman–Crippen MR) is 77.6 cm³/mol. The van der Waals surface area contributed by atoms with Crippen LogP contribution in [0.4, 0.5) is 0 Å². The minimum absolute atomic E-state index is 0.138. The Balaban J connectivity index is 3.93. The number of hydrogen-bond donors (Lipinski definition) is 2. The summed E-state index contributed by atoms with van der Waals surface area (Å²) < 4.78 is 0. The zero-order valence-corrected chi connectivity index (χ0v) is 13.0. The summed E-state index contributed by atoms with van der Waals surface area (Å²) in [6, 6.07) is -0.522. The summed E-state index contributed by atoms with van der Waals surface area (Å²) in [4.78, 5) is 25.3. The highest BCUT2D eigenvalue weighted by Crippen LogP contribution is 2.17. The molecule has 5 nitrogen and oxygen atoms in total. The third-order valence-electron chi connectivity index (χ3n) is 3.20. The van der Waals surface area contributed by atoms with Crippen molar-refractivity contribution in [1.29, 1.82) is 0 Å². The highest BCUT2D eigenvalue weighted by molar-refractivity contribution is 5.82. The van der Waals surface area contributed by atoms with Gasteiger partial charge in [0.2, 0.25) is 11.8 Å². The maximum absolute atomic E-state index is 11.7. The molecule has 0 aliphatic rings. The highest BCUT2D eigenvalue weighted by Gasteiger charge is 2.26. The number of rotatable bonds is 7. The van der Waals surface area contributed by atoms with Crippen molar-refractivity contribution in [2.45, 2.75) is 53.5 Å². The molecule has 0 rings (SSSR count). The van der Waals surface area contributed by atoms with Gasteiger partial charge in [0.25, 0.3) is 0 Å². The molecule has 0 fully saturated rings. The Morgan fingerprint density at radius 3 is 2.16 bits per heavy atom. The Hall–Kier alpha value is -1.10. The van der Waals surface area contributed by atoms with Crippen molar-refractivity contribution < 1.29 is 9.59 Å². The molecule has 0 bridgehead atoms. The normalized spacial score (nSPS) is 12.9. The first kappa shape index (κ1) is 17.9. The SMILES string of the molecule is CCN(CC)C(=O)CCCNC(=O)[C@@H](N)C(C)(C)C. The van der Waals surface area contributed by atoms with Gasteiger partial charge in [-0.15, -0.1) is 0 Å². The number of amides is 2. The summed E-state index contributed by atoms with van der Waals surface area (Å²) >= 11 is 0. The topological polar surface area (TPSA) is 75.4 Å². The van der Waals surface area contributed by atoms with Crippen LogP contribution in [0, 0.1) is 5.41 Å². The highest BCUT2D eigenvalue weighted by atomic mass is 16.2. The molecule has 0 aromatic heterocycles. The van der Waals surface area contributed by atoms with Gasteiger partial charge in [0, 0.05) is 26.1 Å². The van der Waals surface area contributed by atoms with Gasteiger partial charge >= 0.3 is 0 Å². The molecule has 0 spiro atoms. The molecule has 0 aliphatic heterocycles. The van der Waals surface area contributed by atoms with Crippen LogP contribution in [-0.4, -0.2) is 42.4 Å². The molecule has 3 N–H and O–H groups in total. The van der Waals surface area contributed by atoms with Gasteiger partial charge in [-0.2, -0.15) is 0 Å². The van der Waals surface area contributed by atoms with E-state index in [0.717, 1.165) is 13.1 Å². The largest absolute Gasteiger partial charge is 0.355 e. The van der Waals surface area contributed by atoms with E-state index >= 15 is 0 Å². The van der Waals surface area contributed by atoms with E-state index in [1.165, 1.54) is 0 Å². The fourth-order valence-electron chi connectivity index (χ4n) is 1.69. The smallest absolute Gasteiger partial charge is 0.237 e. The van der Waals surface area contributed by atoms with Gasteiger partial charge < -0.3 is 16.0 Å². The maximum atomic E-state index is 11.7. The van der Waals surface area contributed by atoms with Crippen LogP contribution in [0.1, 0.15) is 47.5 Å². The molecule has 0 saturated heterocycles. The Labute approximate surface area is 116 Å². The van der Waals surface area contributed by atoms with Crippen LogP contribution in [-0.2, 0) is 9.59 Å². The quantitative estimate of drug-likeness (QED) is 0.681. The third kappa shape index (κ3) is 6.57. The summed E-state index contributed by atoms with van der Waals surface area (Å²) in [5, 5.41) is 2.78. The third-order valence-corrected chi connectivity index (χ3v) is 3.20. The minimum Gasteiger partial charge on any atom is -0.355 e. The summed E-state index contributed by atoms with van der Waals surface area (Å²) in [6.07, 6.45) is 1.12.